The van der Waals surface area contributed by atoms with Crippen LogP contribution < -0.4 is 5.32 Å². The van der Waals surface area contributed by atoms with Crippen LogP contribution in [0.5, 0.6) is 0 Å². The number of nitrogens with zero attached hydrogens (tertiary/aromatic N) is 2. The number of carbonyl (C=O) groups is 1. The molecule has 2 saturated heterocycles. The molecule has 21 heavy (non-hydrogen) atoms. The average molecular weight is 311 g/mol. The Bertz CT molecular complexity index is 506. The standard InChI is InChI=1S/C14H21N3O3S/c1-13(2,3)20-12(18)17-8-14(9-17)11(15-6-7-19-14)10-4-5-16-21-10/h4-5,11,15H,6-9H2,1-3H3. The van der Waals surface area contributed by atoms with Crippen molar-refractivity contribution in [2.45, 2.75) is 38.0 Å². The molecule has 0 saturated carbocycles. The Hall–Kier alpha value is -1.18. The molecule has 1 N–H and O–H groups in total. The molecule has 1 unspecified atom stereocenters. The molecule has 0 aliphatic carbocycles. The molecule has 1 spiro atoms. The molecule has 0 aromatic carbocycles. The van der Waals surface area contributed by atoms with Gasteiger partial charge in [0.05, 0.1) is 25.7 Å². The zero-order valence-corrected chi connectivity index (χ0v) is 13.4. The summed E-state index contributed by atoms with van der Waals surface area (Å²) < 4.78 is 15.6. The lowest BCUT2D eigenvalue weighted by atomic mass is 9.84. The number of likely N-dealkylation sites (tertiary alicyclic amines) is 1. The van der Waals surface area contributed by atoms with E-state index in [1.807, 2.05) is 26.8 Å². The minimum Gasteiger partial charge on any atom is -0.444 e. The van der Waals surface area contributed by atoms with Gasteiger partial charge in [-0.1, -0.05) is 0 Å². The highest BCUT2D eigenvalue weighted by Crippen LogP contribution is 2.40. The first-order valence-electron chi connectivity index (χ1n) is 7.15. The molecule has 7 heteroatoms. The fourth-order valence-corrected chi connectivity index (χ4v) is 3.56. The predicted molar refractivity (Wildman–Crippen MR) is 79.3 cm³/mol. The van der Waals surface area contributed by atoms with Gasteiger partial charge in [0, 0.05) is 17.6 Å². The Labute approximate surface area is 128 Å². The van der Waals surface area contributed by atoms with Crippen LogP contribution in [0.25, 0.3) is 0 Å². The molecule has 2 aliphatic heterocycles. The Morgan fingerprint density at radius 1 is 1.57 bits per heavy atom. The van der Waals surface area contributed by atoms with Gasteiger partial charge in [0.1, 0.15) is 11.2 Å². The summed E-state index contributed by atoms with van der Waals surface area (Å²) in [5.41, 5.74) is -0.815. The average Bonchev–Trinajstić information content (AvgIpc) is 2.87. The summed E-state index contributed by atoms with van der Waals surface area (Å²) in [6.45, 7) is 8.21. The van der Waals surface area contributed by atoms with E-state index < -0.39 is 5.60 Å². The first-order chi connectivity index (χ1) is 9.90. The van der Waals surface area contributed by atoms with E-state index in [2.05, 4.69) is 9.69 Å². The lowest BCUT2D eigenvalue weighted by Gasteiger charge is -2.54. The van der Waals surface area contributed by atoms with Crippen LogP contribution in [-0.4, -0.2) is 52.8 Å². The monoisotopic (exact) mass is 311 g/mol. The summed E-state index contributed by atoms with van der Waals surface area (Å²) in [6.07, 6.45) is 1.53. The molecule has 3 rings (SSSR count). The van der Waals surface area contributed by atoms with Gasteiger partial charge < -0.3 is 19.7 Å². The van der Waals surface area contributed by atoms with Crippen molar-refractivity contribution in [3.8, 4) is 0 Å². The van der Waals surface area contributed by atoms with Crippen LogP contribution in [0.4, 0.5) is 4.79 Å². The van der Waals surface area contributed by atoms with Crippen molar-refractivity contribution < 1.29 is 14.3 Å². The number of hydrogen-bond donors (Lipinski definition) is 1. The largest absolute Gasteiger partial charge is 0.444 e. The highest BCUT2D eigenvalue weighted by molar-refractivity contribution is 7.05. The second-order valence-electron chi connectivity index (χ2n) is 6.55. The molecule has 1 aromatic rings. The van der Waals surface area contributed by atoms with Gasteiger partial charge in [-0.2, -0.15) is 0 Å². The predicted octanol–water partition coefficient (Wildman–Crippen LogP) is 1.79. The van der Waals surface area contributed by atoms with E-state index in [4.69, 9.17) is 9.47 Å². The van der Waals surface area contributed by atoms with Crippen LogP contribution in [0.1, 0.15) is 31.7 Å². The normalized spacial score (nSPS) is 24.7. The van der Waals surface area contributed by atoms with Crippen molar-refractivity contribution in [3.05, 3.63) is 17.1 Å². The van der Waals surface area contributed by atoms with E-state index in [1.165, 1.54) is 11.5 Å². The second-order valence-corrected chi connectivity index (χ2v) is 7.42. The zero-order valence-electron chi connectivity index (χ0n) is 12.6. The lowest BCUT2D eigenvalue weighted by Crippen LogP contribution is -2.71. The number of carbonyl (C=O) groups excluding carboxylic acids is 1. The number of hydrogen-bond acceptors (Lipinski definition) is 6. The molecule has 2 aliphatic rings. The summed E-state index contributed by atoms with van der Waals surface area (Å²) in [4.78, 5) is 14.9. The van der Waals surface area contributed by atoms with Crippen LogP contribution in [0.15, 0.2) is 12.3 Å². The van der Waals surface area contributed by atoms with Crippen molar-refractivity contribution >= 4 is 17.6 Å². The number of ether oxygens (including phenoxy) is 2. The van der Waals surface area contributed by atoms with Crippen LogP contribution in [0.3, 0.4) is 0 Å². The molecule has 116 valence electrons. The number of amides is 1. The molecular weight excluding hydrogens is 290 g/mol. The Morgan fingerprint density at radius 3 is 2.95 bits per heavy atom. The third kappa shape index (κ3) is 2.90. The van der Waals surface area contributed by atoms with E-state index in [9.17, 15) is 4.79 Å². The number of nitrogens with one attached hydrogen (secondary N) is 1. The maximum Gasteiger partial charge on any atom is 0.410 e. The van der Waals surface area contributed by atoms with Gasteiger partial charge in [0.2, 0.25) is 0 Å². The van der Waals surface area contributed by atoms with Gasteiger partial charge in [-0.3, -0.25) is 0 Å². The van der Waals surface area contributed by atoms with Gasteiger partial charge >= 0.3 is 6.09 Å². The minimum absolute atomic E-state index is 0.0948. The summed E-state index contributed by atoms with van der Waals surface area (Å²) >= 11 is 1.47. The van der Waals surface area contributed by atoms with Gasteiger partial charge in [-0.05, 0) is 38.4 Å². The van der Waals surface area contributed by atoms with Gasteiger partial charge in [0.25, 0.3) is 0 Å². The molecule has 0 radical (unpaired) electrons. The molecule has 1 aromatic heterocycles. The Morgan fingerprint density at radius 2 is 2.33 bits per heavy atom. The van der Waals surface area contributed by atoms with E-state index in [1.54, 1.807) is 11.1 Å². The highest BCUT2D eigenvalue weighted by Gasteiger charge is 2.54. The summed E-state index contributed by atoms with van der Waals surface area (Å²) in [5, 5.41) is 3.49. The molecule has 6 nitrogen and oxygen atoms in total. The van der Waals surface area contributed by atoms with E-state index in [-0.39, 0.29) is 17.7 Å². The van der Waals surface area contributed by atoms with Crippen LogP contribution in [0, 0.1) is 0 Å². The van der Waals surface area contributed by atoms with E-state index in [0.29, 0.717) is 19.7 Å². The van der Waals surface area contributed by atoms with E-state index in [0.717, 1.165) is 11.4 Å². The molecule has 1 amide bonds. The highest BCUT2D eigenvalue weighted by atomic mass is 32.1. The van der Waals surface area contributed by atoms with Crippen molar-refractivity contribution in [3.63, 3.8) is 0 Å². The van der Waals surface area contributed by atoms with Crippen molar-refractivity contribution in [1.82, 2.24) is 14.6 Å². The molecule has 1 atom stereocenters. The molecular formula is C14H21N3O3S. The number of morpholine rings is 1. The first kappa shape index (κ1) is 14.7. The third-order valence-electron chi connectivity index (χ3n) is 3.68. The smallest absolute Gasteiger partial charge is 0.410 e. The van der Waals surface area contributed by atoms with Crippen LogP contribution in [-0.2, 0) is 9.47 Å². The zero-order chi connectivity index (χ0) is 15.1. The topological polar surface area (TPSA) is 63.7 Å². The Kier molecular flexibility index (Phi) is 3.67. The minimum atomic E-state index is -0.470. The SMILES string of the molecule is CC(C)(C)OC(=O)N1CC2(C1)OCCNC2c1ccns1. The number of aromatic nitrogens is 1. The van der Waals surface area contributed by atoms with Crippen molar-refractivity contribution in [1.29, 1.82) is 0 Å². The first-order valence-corrected chi connectivity index (χ1v) is 7.93. The fraction of sp³-hybridized carbons (Fsp3) is 0.714. The maximum atomic E-state index is 12.1. The van der Waals surface area contributed by atoms with Crippen molar-refractivity contribution in [2.75, 3.05) is 26.2 Å². The second kappa shape index (κ2) is 5.23. The Balaban J connectivity index is 1.67. The molecule has 0 bridgehead atoms. The van der Waals surface area contributed by atoms with Gasteiger partial charge in [-0.25, -0.2) is 9.17 Å². The quantitative estimate of drug-likeness (QED) is 0.857. The van der Waals surface area contributed by atoms with Gasteiger partial charge in [-0.15, -0.1) is 0 Å². The lowest BCUT2D eigenvalue weighted by molar-refractivity contribution is -0.175. The summed E-state index contributed by atoms with van der Waals surface area (Å²) in [6, 6.07) is 2.10. The molecule has 3 heterocycles. The van der Waals surface area contributed by atoms with Crippen LogP contribution >= 0.6 is 11.5 Å². The maximum absolute atomic E-state index is 12.1. The van der Waals surface area contributed by atoms with Crippen LogP contribution in [0.2, 0.25) is 0 Å². The molecule has 2 fully saturated rings. The van der Waals surface area contributed by atoms with Gasteiger partial charge in [0.15, 0.2) is 0 Å². The van der Waals surface area contributed by atoms with E-state index >= 15 is 0 Å². The fourth-order valence-electron chi connectivity index (χ4n) is 2.79. The summed E-state index contributed by atoms with van der Waals surface area (Å²) in [7, 11) is 0. The summed E-state index contributed by atoms with van der Waals surface area (Å²) in [5.74, 6) is 0. The number of rotatable bonds is 1. The third-order valence-corrected chi connectivity index (χ3v) is 4.49. The van der Waals surface area contributed by atoms with Crippen molar-refractivity contribution in [2.24, 2.45) is 0 Å².